The number of unbranched alkanes of at least 4 members (excludes halogenated alkanes) is 2. The Morgan fingerprint density at radius 1 is 1.05 bits per heavy atom. The molecule has 0 saturated carbocycles. The molecule has 0 unspecified atom stereocenters. The van der Waals surface area contributed by atoms with E-state index < -0.39 is 0 Å². The van der Waals surface area contributed by atoms with Gasteiger partial charge in [-0.2, -0.15) is 0 Å². The summed E-state index contributed by atoms with van der Waals surface area (Å²) >= 11 is 11.4. The number of benzene rings is 1. The highest BCUT2D eigenvalue weighted by Gasteiger charge is 2.24. The molecular formula is C17H23Cl2NO2. The van der Waals surface area contributed by atoms with E-state index in [4.69, 9.17) is 27.9 Å². The van der Waals surface area contributed by atoms with Crippen LogP contribution in [-0.4, -0.2) is 30.8 Å². The second-order valence-electron chi connectivity index (χ2n) is 5.48. The normalized spacial score (nSPS) is 14.1. The molecule has 0 fully saturated rings. The second kappa shape index (κ2) is 9.26. The Morgan fingerprint density at radius 3 is 2.59 bits per heavy atom. The van der Waals surface area contributed by atoms with Crippen molar-refractivity contribution in [1.82, 2.24) is 0 Å². The minimum Gasteiger partial charge on any atom is -0.494 e. The van der Waals surface area contributed by atoms with Crippen molar-refractivity contribution in [3.63, 3.8) is 0 Å². The standard InChI is InChI=1S/C17H23Cl2NO2/c18-9-1-3-11-20-16-13-15(22-12-4-2-10-19)7-5-14(16)6-8-17(20)21/h5,7,13H,1-4,6,8-12H2. The van der Waals surface area contributed by atoms with Gasteiger partial charge < -0.3 is 9.64 Å². The number of nitrogens with zero attached hydrogens (tertiary/aromatic N) is 1. The van der Waals surface area contributed by atoms with E-state index >= 15 is 0 Å². The summed E-state index contributed by atoms with van der Waals surface area (Å²) in [6.07, 6.45) is 5.15. The molecule has 0 radical (unpaired) electrons. The van der Waals surface area contributed by atoms with Gasteiger partial charge in [0.15, 0.2) is 0 Å². The Hall–Kier alpha value is -0.930. The van der Waals surface area contributed by atoms with E-state index in [0.29, 0.717) is 24.8 Å². The molecule has 2 rings (SSSR count). The van der Waals surface area contributed by atoms with Gasteiger partial charge in [0.05, 0.1) is 12.3 Å². The molecule has 1 amide bonds. The van der Waals surface area contributed by atoms with Gasteiger partial charge in [-0.1, -0.05) is 6.07 Å². The smallest absolute Gasteiger partial charge is 0.227 e. The van der Waals surface area contributed by atoms with Gasteiger partial charge in [0.25, 0.3) is 0 Å². The largest absolute Gasteiger partial charge is 0.494 e. The summed E-state index contributed by atoms with van der Waals surface area (Å²) in [4.78, 5) is 14.1. The number of hydrogen-bond acceptors (Lipinski definition) is 2. The highest BCUT2D eigenvalue weighted by molar-refractivity contribution is 6.18. The molecule has 1 aliphatic rings. The molecule has 5 heteroatoms. The van der Waals surface area contributed by atoms with Gasteiger partial charge in [-0.3, -0.25) is 4.79 Å². The van der Waals surface area contributed by atoms with Crippen molar-refractivity contribution in [2.75, 3.05) is 29.8 Å². The van der Waals surface area contributed by atoms with Crippen LogP contribution in [0.5, 0.6) is 5.75 Å². The summed E-state index contributed by atoms with van der Waals surface area (Å²) in [5.41, 5.74) is 2.22. The van der Waals surface area contributed by atoms with Crippen LogP contribution in [-0.2, 0) is 11.2 Å². The Labute approximate surface area is 142 Å². The summed E-state index contributed by atoms with van der Waals surface area (Å²) in [6.45, 7) is 1.39. The number of hydrogen-bond donors (Lipinski definition) is 0. The van der Waals surface area contributed by atoms with Crippen molar-refractivity contribution in [1.29, 1.82) is 0 Å². The predicted molar refractivity (Wildman–Crippen MR) is 92.5 cm³/mol. The monoisotopic (exact) mass is 343 g/mol. The summed E-state index contributed by atoms with van der Waals surface area (Å²) in [7, 11) is 0. The highest BCUT2D eigenvalue weighted by Crippen LogP contribution is 2.32. The van der Waals surface area contributed by atoms with Crippen molar-refractivity contribution in [3.05, 3.63) is 23.8 Å². The Kier molecular flexibility index (Phi) is 7.34. The van der Waals surface area contributed by atoms with Crippen molar-refractivity contribution in [2.24, 2.45) is 0 Å². The summed E-state index contributed by atoms with van der Waals surface area (Å²) in [5, 5.41) is 0. The number of carbonyl (C=O) groups excluding carboxylic acids is 1. The number of amides is 1. The third-order valence-corrected chi connectivity index (χ3v) is 4.35. The third kappa shape index (κ3) is 4.79. The zero-order valence-electron chi connectivity index (χ0n) is 12.8. The Balaban J connectivity index is 2.04. The van der Waals surface area contributed by atoms with Gasteiger partial charge in [-0.05, 0) is 43.7 Å². The van der Waals surface area contributed by atoms with Crippen LogP contribution in [0, 0.1) is 0 Å². The molecule has 0 saturated heterocycles. The van der Waals surface area contributed by atoms with Crippen molar-refractivity contribution in [3.8, 4) is 5.75 Å². The maximum absolute atomic E-state index is 12.2. The molecule has 3 nitrogen and oxygen atoms in total. The molecule has 0 aromatic heterocycles. The van der Waals surface area contributed by atoms with Crippen LogP contribution in [0.1, 0.15) is 37.7 Å². The fourth-order valence-electron chi connectivity index (χ4n) is 2.60. The lowest BCUT2D eigenvalue weighted by Crippen LogP contribution is -2.35. The van der Waals surface area contributed by atoms with Crippen LogP contribution < -0.4 is 9.64 Å². The zero-order valence-corrected chi connectivity index (χ0v) is 14.3. The van der Waals surface area contributed by atoms with Gasteiger partial charge in [-0.15, -0.1) is 23.2 Å². The van der Waals surface area contributed by atoms with Gasteiger partial charge in [-0.25, -0.2) is 0 Å². The highest BCUT2D eigenvalue weighted by atomic mass is 35.5. The van der Waals surface area contributed by atoms with Crippen LogP contribution >= 0.6 is 23.2 Å². The van der Waals surface area contributed by atoms with E-state index in [-0.39, 0.29) is 5.91 Å². The molecule has 0 aliphatic carbocycles. The number of carbonyl (C=O) groups is 1. The maximum atomic E-state index is 12.2. The molecule has 1 heterocycles. The van der Waals surface area contributed by atoms with E-state index in [9.17, 15) is 4.79 Å². The first-order chi connectivity index (χ1) is 10.8. The summed E-state index contributed by atoms with van der Waals surface area (Å²) in [6, 6.07) is 6.06. The average Bonchev–Trinajstić information content (AvgIpc) is 2.54. The second-order valence-corrected chi connectivity index (χ2v) is 6.23. The number of aryl methyl sites for hydroxylation is 1. The quantitative estimate of drug-likeness (QED) is 0.491. The summed E-state index contributed by atoms with van der Waals surface area (Å²) < 4.78 is 5.77. The molecule has 0 spiro atoms. The minimum atomic E-state index is 0.196. The number of halogens is 2. The SMILES string of the molecule is O=C1CCc2ccc(OCCCCCl)cc2N1CCCCCl. The van der Waals surface area contributed by atoms with E-state index in [0.717, 1.165) is 50.1 Å². The first-order valence-electron chi connectivity index (χ1n) is 7.94. The van der Waals surface area contributed by atoms with Crippen LogP contribution in [0.25, 0.3) is 0 Å². The number of rotatable bonds is 9. The molecule has 0 N–H and O–H groups in total. The number of anilines is 1. The van der Waals surface area contributed by atoms with E-state index in [1.807, 2.05) is 17.0 Å². The lowest BCUT2D eigenvalue weighted by Gasteiger charge is -2.30. The lowest BCUT2D eigenvalue weighted by atomic mass is 10.0. The Morgan fingerprint density at radius 2 is 1.82 bits per heavy atom. The van der Waals surface area contributed by atoms with Gasteiger partial charge in [0.1, 0.15) is 5.75 Å². The fraction of sp³-hybridized carbons (Fsp3) is 0.588. The Bertz CT molecular complexity index is 494. The minimum absolute atomic E-state index is 0.196. The van der Waals surface area contributed by atoms with Crippen LogP contribution in [0.15, 0.2) is 18.2 Å². The lowest BCUT2D eigenvalue weighted by molar-refractivity contribution is -0.118. The average molecular weight is 344 g/mol. The number of ether oxygens (including phenoxy) is 1. The number of alkyl halides is 2. The molecule has 122 valence electrons. The van der Waals surface area contributed by atoms with E-state index in [1.165, 1.54) is 5.56 Å². The van der Waals surface area contributed by atoms with Gasteiger partial charge in [0.2, 0.25) is 5.91 Å². The topological polar surface area (TPSA) is 29.5 Å². The molecule has 1 aliphatic heterocycles. The van der Waals surface area contributed by atoms with Crippen molar-refractivity contribution in [2.45, 2.75) is 38.5 Å². The van der Waals surface area contributed by atoms with Crippen LogP contribution in [0.4, 0.5) is 5.69 Å². The van der Waals surface area contributed by atoms with E-state index in [1.54, 1.807) is 0 Å². The first-order valence-corrected chi connectivity index (χ1v) is 9.01. The molecule has 1 aromatic rings. The fourth-order valence-corrected chi connectivity index (χ4v) is 2.98. The van der Waals surface area contributed by atoms with Gasteiger partial charge >= 0.3 is 0 Å². The van der Waals surface area contributed by atoms with E-state index in [2.05, 4.69) is 6.07 Å². The first kappa shape index (κ1) is 17.4. The zero-order chi connectivity index (χ0) is 15.8. The number of fused-ring (bicyclic) bond motifs is 1. The van der Waals surface area contributed by atoms with Crippen molar-refractivity contribution >= 4 is 34.8 Å². The molecule has 0 atom stereocenters. The third-order valence-electron chi connectivity index (χ3n) is 3.82. The maximum Gasteiger partial charge on any atom is 0.227 e. The van der Waals surface area contributed by atoms with Gasteiger partial charge in [0, 0.05) is 30.8 Å². The molecule has 0 bridgehead atoms. The molecule has 22 heavy (non-hydrogen) atoms. The van der Waals surface area contributed by atoms with Crippen LogP contribution in [0.2, 0.25) is 0 Å². The van der Waals surface area contributed by atoms with Crippen molar-refractivity contribution < 1.29 is 9.53 Å². The molecule has 1 aromatic carbocycles. The molecular weight excluding hydrogens is 321 g/mol. The predicted octanol–water partition coefficient (Wildman–Crippen LogP) is 4.38. The summed E-state index contributed by atoms with van der Waals surface area (Å²) in [5.74, 6) is 2.32. The van der Waals surface area contributed by atoms with Crippen LogP contribution in [0.3, 0.4) is 0 Å².